The van der Waals surface area contributed by atoms with E-state index in [2.05, 4.69) is 33.9 Å². The van der Waals surface area contributed by atoms with Gasteiger partial charge in [-0.2, -0.15) is 0 Å². The van der Waals surface area contributed by atoms with Crippen LogP contribution < -0.4 is 9.47 Å². The van der Waals surface area contributed by atoms with Crippen molar-refractivity contribution in [2.45, 2.75) is 6.54 Å². The molecule has 0 bridgehead atoms. The van der Waals surface area contributed by atoms with Crippen molar-refractivity contribution >= 4 is 5.91 Å². The maximum Gasteiger partial charge on any atom is 0.236 e. The van der Waals surface area contributed by atoms with Gasteiger partial charge in [0.2, 0.25) is 12.7 Å². The summed E-state index contributed by atoms with van der Waals surface area (Å²) in [6.45, 7) is 9.35. The first-order chi connectivity index (χ1) is 12.7. The number of benzene rings is 1. The van der Waals surface area contributed by atoms with Crippen LogP contribution in [0.4, 0.5) is 0 Å². The summed E-state index contributed by atoms with van der Waals surface area (Å²) in [6.07, 6.45) is 0. The van der Waals surface area contributed by atoms with Crippen LogP contribution in [0, 0.1) is 0 Å². The summed E-state index contributed by atoms with van der Waals surface area (Å²) in [6, 6.07) is 6.17. The Balaban J connectivity index is 1.22. The SMILES string of the molecule is CN1CCN(C(=O)CN2CCN(Cc3ccc4c(c3)OCO4)CC2)CC1. The lowest BCUT2D eigenvalue weighted by atomic mass is 10.1. The maximum atomic E-state index is 12.5. The summed E-state index contributed by atoms with van der Waals surface area (Å²) >= 11 is 0. The third-order valence-corrected chi connectivity index (χ3v) is 5.52. The van der Waals surface area contributed by atoms with E-state index in [-0.39, 0.29) is 5.91 Å². The van der Waals surface area contributed by atoms with Gasteiger partial charge >= 0.3 is 0 Å². The zero-order valence-electron chi connectivity index (χ0n) is 15.5. The number of fused-ring (bicyclic) bond motifs is 1. The predicted molar refractivity (Wildman–Crippen MR) is 98.4 cm³/mol. The van der Waals surface area contributed by atoms with Gasteiger partial charge in [-0.05, 0) is 24.7 Å². The van der Waals surface area contributed by atoms with E-state index in [0.717, 1.165) is 70.4 Å². The molecular formula is C19H28N4O3. The van der Waals surface area contributed by atoms with Crippen molar-refractivity contribution < 1.29 is 14.3 Å². The molecular weight excluding hydrogens is 332 g/mol. The zero-order valence-corrected chi connectivity index (χ0v) is 15.5. The van der Waals surface area contributed by atoms with Crippen molar-refractivity contribution in [1.29, 1.82) is 0 Å². The Kier molecular flexibility index (Phi) is 5.28. The third-order valence-electron chi connectivity index (χ3n) is 5.52. The van der Waals surface area contributed by atoms with Gasteiger partial charge in [0.25, 0.3) is 0 Å². The molecule has 1 aromatic carbocycles. The molecule has 0 radical (unpaired) electrons. The minimum absolute atomic E-state index is 0.280. The van der Waals surface area contributed by atoms with Gasteiger partial charge in [0.05, 0.1) is 6.54 Å². The quantitative estimate of drug-likeness (QED) is 0.770. The molecule has 3 heterocycles. The van der Waals surface area contributed by atoms with Crippen LogP contribution in [0.2, 0.25) is 0 Å². The average Bonchev–Trinajstić information content (AvgIpc) is 3.12. The monoisotopic (exact) mass is 360 g/mol. The van der Waals surface area contributed by atoms with E-state index in [1.54, 1.807) is 0 Å². The number of amides is 1. The van der Waals surface area contributed by atoms with Crippen LogP contribution in [0.3, 0.4) is 0 Å². The van der Waals surface area contributed by atoms with E-state index >= 15 is 0 Å². The number of carbonyl (C=O) groups excluding carboxylic acids is 1. The van der Waals surface area contributed by atoms with Gasteiger partial charge in [0.15, 0.2) is 11.5 Å². The first-order valence-electron chi connectivity index (χ1n) is 9.47. The van der Waals surface area contributed by atoms with Gasteiger partial charge in [-0.1, -0.05) is 6.07 Å². The van der Waals surface area contributed by atoms with Crippen molar-refractivity contribution in [3.63, 3.8) is 0 Å². The topological polar surface area (TPSA) is 48.5 Å². The molecule has 1 aromatic rings. The van der Waals surface area contributed by atoms with Crippen molar-refractivity contribution in [2.75, 3.05) is 72.7 Å². The molecule has 0 atom stereocenters. The van der Waals surface area contributed by atoms with Crippen LogP contribution in [0.15, 0.2) is 18.2 Å². The molecule has 2 saturated heterocycles. The Morgan fingerprint density at radius 3 is 2.38 bits per heavy atom. The van der Waals surface area contributed by atoms with Crippen LogP contribution >= 0.6 is 0 Å². The molecule has 1 amide bonds. The number of carbonyl (C=O) groups is 1. The summed E-state index contributed by atoms with van der Waals surface area (Å²) in [5, 5.41) is 0. The fraction of sp³-hybridized carbons (Fsp3) is 0.632. The lowest BCUT2D eigenvalue weighted by Gasteiger charge is -2.37. The van der Waals surface area contributed by atoms with E-state index in [4.69, 9.17) is 9.47 Å². The maximum absolute atomic E-state index is 12.5. The van der Waals surface area contributed by atoms with E-state index in [9.17, 15) is 4.79 Å². The number of hydrogen-bond acceptors (Lipinski definition) is 6. The van der Waals surface area contributed by atoms with Crippen molar-refractivity contribution in [1.82, 2.24) is 19.6 Å². The van der Waals surface area contributed by atoms with Crippen molar-refractivity contribution in [3.05, 3.63) is 23.8 Å². The van der Waals surface area contributed by atoms with Crippen molar-refractivity contribution in [2.24, 2.45) is 0 Å². The molecule has 0 aliphatic carbocycles. The number of nitrogens with zero attached hydrogens (tertiary/aromatic N) is 4. The summed E-state index contributed by atoms with van der Waals surface area (Å²) in [5.74, 6) is 1.96. The molecule has 26 heavy (non-hydrogen) atoms. The van der Waals surface area contributed by atoms with Crippen LogP contribution in [-0.4, -0.2) is 98.3 Å². The fourth-order valence-electron chi connectivity index (χ4n) is 3.75. The number of ether oxygens (including phenoxy) is 2. The summed E-state index contributed by atoms with van der Waals surface area (Å²) in [5.41, 5.74) is 1.25. The second kappa shape index (κ2) is 7.82. The minimum atomic E-state index is 0.280. The predicted octanol–water partition coefficient (Wildman–Crippen LogP) is 0.307. The highest BCUT2D eigenvalue weighted by Gasteiger charge is 2.24. The largest absolute Gasteiger partial charge is 0.454 e. The van der Waals surface area contributed by atoms with E-state index in [1.807, 2.05) is 11.0 Å². The molecule has 3 aliphatic rings. The van der Waals surface area contributed by atoms with E-state index in [0.29, 0.717) is 13.3 Å². The highest BCUT2D eigenvalue weighted by Crippen LogP contribution is 2.32. The first-order valence-corrected chi connectivity index (χ1v) is 9.47. The molecule has 0 saturated carbocycles. The zero-order chi connectivity index (χ0) is 17.9. The van der Waals surface area contributed by atoms with Gasteiger partial charge < -0.3 is 19.3 Å². The Bertz CT molecular complexity index is 638. The van der Waals surface area contributed by atoms with Crippen LogP contribution in [-0.2, 0) is 11.3 Å². The summed E-state index contributed by atoms with van der Waals surface area (Å²) < 4.78 is 10.8. The van der Waals surface area contributed by atoms with Gasteiger partial charge in [-0.25, -0.2) is 0 Å². The third kappa shape index (κ3) is 4.11. The normalized spacial score (nSPS) is 22.0. The van der Waals surface area contributed by atoms with Crippen molar-refractivity contribution in [3.8, 4) is 11.5 Å². The standard InChI is InChI=1S/C19H28N4O3/c1-20-4-10-23(11-5-20)19(24)14-22-8-6-21(7-9-22)13-16-2-3-17-18(12-16)26-15-25-17/h2-3,12H,4-11,13-15H2,1H3. The highest BCUT2D eigenvalue weighted by molar-refractivity contribution is 5.78. The van der Waals surface area contributed by atoms with Gasteiger partial charge in [0, 0.05) is 58.9 Å². The van der Waals surface area contributed by atoms with E-state index in [1.165, 1.54) is 5.56 Å². The molecule has 0 aromatic heterocycles. The molecule has 3 aliphatic heterocycles. The molecule has 4 rings (SSSR count). The summed E-state index contributed by atoms with van der Waals surface area (Å²) in [7, 11) is 2.11. The summed E-state index contributed by atoms with van der Waals surface area (Å²) in [4.78, 5) is 21.5. The number of likely N-dealkylation sites (N-methyl/N-ethyl adjacent to an activating group) is 1. The van der Waals surface area contributed by atoms with Crippen LogP contribution in [0.1, 0.15) is 5.56 Å². The lowest BCUT2D eigenvalue weighted by molar-refractivity contribution is -0.134. The van der Waals surface area contributed by atoms with Gasteiger partial charge in [-0.3, -0.25) is 14.6 Å². The van der Waals surface area contributed by atoms with Crippen LogP contribution in [0.25, 0.3) is 0 Å². The second-order valence-corrected chi connectivity index (χ2v) is 7.42. The lowest BCUT2D eigenvalue weighted by Crippen LogP contribution is -2.53. The number of piperazine rings is 2. The highest BCUT2D eigenvalue weighted by atomic mass is 16.7. The van der Waals surface area contributed by atoms with Crippen LogP contribution in [0.5, 0.6) is 11.5 Å². The number of rotatable bonds is 4. The smallest absolute Gasteiger partial charge is 0.236 e. The Morgan fingerprint density at radius 1 is 0.923 bits per heavy atom. The molecule has 0 N–H and O–H groups in total. The molecule has 7 nitrogen and oxygen atoms in total. The fourth-order valence-corrected chi connectivity index (χ4v) is 3.75. The molecule has 7 heteroatoms. The Morgan fingerprint density at radius 2 is 1.62 bits per heavy atom. The van der Waals surface area contributed by atoms with E-state index < -0.39 is 0 Å². The Labute approximate surface area is 155 Å². The average molecular weight is 360 g/mol. The van der Waals surface area contributed by atoms with Gasteiger partial charge in [-0.15, -0.1) is 0 Å². The van der Waals surface area contributed by atoms with Gasteiger partial charge in [0.1, 0.15) is 0 Å². The number of hydrogen-bond donors (Lipinski definition) is 0. The first kappa shape index (κ1) is 17.6. The molecule has 0 spiro atoms. The molecule has 142 valence electrons. The second-order valence-electron chi connectivity index (χ2n) is 7.42. The molecule has 2 fully saturated rings. The minimum Gasteiger partial charge on any atom is -0.454 e. The Hall–Kier alpha value is -1.83. The molecule has 0 unspecified atom stereocenters.